The van der Waals surface area contributed by atoms with Crippen molar-refractivity contribution in [2.45, 2.75) is 19.4 Å². The molecule has 0 aliphatic rings. The van der Waals surface area contributed by atoms with E-state index in [9.17, 15) is 8.78 Å². The van der Waals surface area contributed by atoms with Gasteiger partial charge in [0.1, 0.15) is 0 Å². The summed E-state index contributed by atoms with van der Waals surface area (Å²) in [6.45, 7) is -0.105. The standard InChI is InChI=1S/C9H8ClF2N3/c10-8-5(1-2-13)4-15-6(3-14)7(8)9(11)12/h4,9H,1,3,14H2. The first-order chi connectivity index (χ1) is 7.11. The maximum absolute atomic E-state index is 12.6. The van der Waals surface area contributed by atoms with E-state index in [0.717, 1.165) is 0 Å². The second-order valence-corrected chi connectivity index (χ2v) is 3.18. The number of hydrogen-bond acceptors (Lipinski definition) is 3. The third-order valence-electron chi connectivity index (χ3n) is 1.89. The van der Waals surface area contributed by atoms with Gasteiger partial charge >= 0.3 is 0 Å². The number of nitrogens with two attached hydrogens (primary N) is 1. The monoisotopic (exact) mass is 231 g/mol. The highest BCUT2D eigenvalue weighted by atomic mass is 35.5. The maximum atomic E-state index is 12.6. The molecule has 80 valence electrons. The van der Waals surface area contributed by atoms with Crippen LogP contribution in [0.2, 0.25) is 5.02 Å². The molecule has 1 heterocycles. The first-order valence-corrected chi connectivity index (χ1v) is 4.51. The Morgan fingerprint density at radius 3 is 2.73 bits per heavy atom. The first kappa shape index (κ1) is 11.8. The number of alkyl halides is 2. The number of rotatable bonds is 3. The Morgan fingerprint density at radius 2 is 2.27 bits per heavy atom. The molecule has 0 fully saturated rings. The van der Waals surface area contributed by atoms with E-state index in [1.54, 1.807) is 0 Å². The highest BCUT2D eigenvalue weighted by molar-refractivity contribution is 6.32. The zero-order valence-electron chi connectivity index (χ0n) is 7.67. The van der Waals surface area contributed by atoms with Gasteiger partial charge in [-0.05, 0) is 0 Å². The van der Waals surface area contributed by atoms with Crippen LogP contribution < -0.4 is 5.73 Å². The van der Waals surface area contributed by atoms with Gasteiger partial charge in [0.2, 0.25) is 0 Å². The lowest BCUT2D eigenvalue weighted by Crippen LogP contribution is -2.07. The van der Waals surface area contributed by atoms with Gasteiger partial charge in [-0.15, -0.1) is 0 Å². The molecule has 0 saturated carbocycles. The number of pyridine rings is 1. The van der Waals surface area contributed by atoms with Crippen molar-refractivity contribution < 1.29 is 8.78 Å². The molecule has 0 spiro atoms. The summed E-state index contributed by atoms with van der Waals surface area (Å²) >= 11 is 5.74. The summed E-state index contributed by atoms with van der Waals surface area (Å²) in [5.41, 5.74) is 5.26. The Bertz CT molecular complexity index is 401. The number of nitriles is 1. The molecular weight excluding hydrogens is 224 g/mol. The number of nitrogens with zero attached hydrogens (tertiary/aromatic N) is 2. The largest absolute Gasteiger partial charge is 0.325 e. The van der Waals surface area contributed by atoms with E-state index >= 15 is 0 Å². The van der Waals surface area contributed by atoms with Crippen LogP contribution in [-0.2, 0) is 13.0 Å². The number of halogens is 3. The highest BCUT2D eigenvalue weighted by Gasteiger charge is 2.20. The van der Waals surface area contributed by atoms with Crippen LogP contribution in [0, 0.1) is 11.3 Å². The molecule has 1 aromatic rings. The van der Waals surface area contributed by atoms with Crippen molar-refractivity contribution in [3.05, 3.63) is 28.0 Å². The van der Waals surface area contributed by atoms with E-state index in [2.05, 4.69) is 4.98 Å². The van der Waals surface area contributed by atoms with Gasteiger partial charge in [0, 0.05) is 18.3 Å². The van der Waals surface area contributed by atoms with Crippen LogP contribution in [0.15, 0.2) is 6.20 Å². The molecule has 1 rings (SSSR count). The van der Waals surface area contributed by atoms with E-state index in [0.29, 0.717) is 5.56 Å². The molecule has 0 bridgehead atoms. The van der Waals surface area contributed by atoms with E-state index in [-0.39, 0.29) is 29.2 Å². The molecule has 0 atom stereocenters. The van der Waals surface area contributed by atoms with Crippen LogP contribution in [0.4, 0.5) is 8.78 Å². The zero-order chi connectivity index (χ0) is 11.4. The van der Waals surface area contributed by atoms with E-state index in [1.807, 2.05) is 6.07 Å². The summed E-state index contributed by atoms with van der Waals surface area (Å²) in [4.78, 5) is 3.76. The van der Waals surface area contributed by atoms with Crippen molar-refractivity contribution in [1.82, 2.24) is 4.98 Å². The second kappa shape index (κ2) is 5.01. The third kappa shape index (κ3) is 2.41. The molecule has 0 aromatic carbocycles. The summed E-state index contributed by atoms with van der Waals surface area (Å²) in [5, 5.41) is 8.34. The molecule has 0 saturated heterocycles. The average Bonchev–Trinajstić information content (AvgIpc) is 2.20. The van der Waals surface area contributed by atoms with Gasteiger partial charge in [-0.1, -0.05) is 11.6 Å². The molecule has 0 aliphatic carbocycles. The van der Waals surface area contributed by atoms with Gasteiger partial charge in [0.25, 0.3) is 6.43 Å². The molecule has 1 aromatic heterocycles. The Balaban J connectivity index is 3.30. The van der Waals surface area contributed by atoms with E-state index in [1.165, 1.54) is 6.20 Å². The van der Waals surface area contributed by atoms with Gasteiger partial charge in [-0.2, -0.15) is 5.26 Å². The minimum atomic E-state index is -2.73. The molecule has 15 heavy (non-hydrogen) atoms. The highest BCUT2D eigenvalue weighted by Crippen LogP contribution is 2.31. The van der Waals surface area contributed by atoms with Gasteiger partial charge in [0.15, 0.2) is 0 Å². The van der Waals surface area contributed by atoms with Crippen molar-refractivity contribution in [1.29, 1.82) is 5.26 Å². The number of hydrogen-bond donors (Lipinski definition) is 1. The lowest BCUT2D eigenvalue weighted by molar-refractivity contribution is 0.149. The maximum Gasteiger partial charge on any atom is 0.267 e. The Kier molecular flexibility index (Phi) is 3.95. The molecule has 0 radical (unpaired) electrons. The lowest BCUT2D eigenvalue weighted by atomic mass is 10.1. The summed E-state index contributed by atoms with van der Waals surface area (Å²) in [7, 11) is 0. The van der Waals surface area contributed by atoms with Crippen LogP contribution in [-0.4, -0.2) is 4.98 Å². The summed E-state index contributed by atoms with van der Waals surface area (Å²) in [6.07, 6.45) is -1.47. The third-order valence-corrected chi connectivity index (χ3v) is 2.33. The summed E-state index contributed by atoms with van der Waals surface area (Å²) in [5.74, 6) is 0. The zero-order valence-corrected chi connectivity index (χ0v) is 8.43. The van der Waals surface area contributed by atoms with E-state index in [4.69, 9.17) is 22.6 Å². The van der Waals surface area contributed by atoms with Crippen LogP contribution >= 0.6 is 11.6 Å². The van der Waals surface area contributed by atoms with Gasteiger partial charge in [0.05, 0.1) is 28.8 Å². The normalized spacial score (nSPS) is 10.4. The lowest BCUT2D eigenvalue weighted by Gasteiger charge is -2.10. The number of aromatic nitrogens is 1. The van der Waals surface area contributed by atoms with Crippen LogP contribution in [0.3, 0.4) is 0 Å². The second-order valence-electron chi connectivity index (χ2n) is 2.80. The van der Waals surface area contributed by atoms with E-state index < -0.39 is 6.43 Å². The minimum absolute atomic E-state index is 0.0452. The molecular formula is C9H8ClF2N3. The fourth-order valence-electron chi connectivity index (χ4n) is 1.17. The average molecular weight is 232 g/mol. The Labute approximate surface area is 90.5 Å². The SMILES string of the molecule is N#CCc1cnc(CN)c(C(F)F)c1Cl. The van der Waals surface area contributed by atoms with Crippen LogP contribution in [0.25, 0.3) is 0 Å². The summed E-state index contributed by atoms with van der Waals surface area (Å²) in [6, 6.07) is 1.83. The molecule has 3 nitrogen and oxygen atoms in total. The smallest absolute Gasteiger partial charge is 0.267 e. The quantitative estimate of drug-likeness (QED) is 0.867. The van der Waals surface area contributed by atoms with Crippen molar-refractivity contribution in [2.24, 2.45) is 5.73 Å². The van der Waals surface area contributed by atoms with Crippen LogP contribution in [0.1, 0.15) is 23.2 Å². The topological polar surface area (TPSA) is 62.7 Å². The predicted molar refractivity (Wildman–Crippen MR) is 51.4 cm³/mol. The summed E-state index contributed by atoms with van der Waals surface area (Å²) < 4.78 is 25.3. The van der Waals surface area contributed by atoms with Gasteiger partial charge < -0.3 is 5.73 Å². The van der Waals surface area contributed by atoms with Crippen LogP contribution in [0.5, 0.6) is 0 Å². The molecule has 2 N–H and O–H groups in total. The van der Waals surface area contributed by atoms with Crippen molar-refractivity contribution in [3.8, 4) is 6.07 Å². The molecule has 6 heteroatoms. The Morgan fingerprint density at radius 1 is 1.60 bits per heavy atom. The van der Waals surface area contributed by atoms with Crippen molar-refractivity contribution >= 4 is 11.6 Å². The fourth-order valence-corrected chi connectivity index (χ4v) is 1.48. The van der Waals surface area contributed by atoms with Crippen molar-refractivity contribution in [2.75, 3.05) is 0 Å². The molecule has 0 unspecified atom stereocenters. The fraction of sp³-hybridized carbons (Fsp3) is 0.333. The molecule has 0 aliphatic heterocycles. The minimum Gasteiger partial charge on any atom is -0.325 e. The molecule has 0 amide bonds. The first-order valence-electron chi connectivity index (χ1n) is 4.13. The predicted octanol–water partition coefficient (Wildman–Crippen LogP) is 2.20. The van der Waals surface area contributed by atoms with Gasteiger partial charge in [-0.25, -0.2) is 8.78 Å². The Hall–Kier alpha value is -1.25. The van der Waals surface area contributed by atoms with Crippen molar-refractivity contribution in [3.63, 3.8) is 0 Å². The van der Waals surface area contributed by atoms with Gasteiger partial charge in [-0.3, -0.25) is 4.98 Å².